The molecule has 0 radical (unpaired) electrons. The Morgan fingerprint density at radius 1 is 0.395 bits per heavy atom. The Morgan fingerprint density at radius 3 is 1.22 bits per heavy atom. The molecule has 26 nitrogen and oxygen atoms in total. The molecule has 0 saturated heterocycles. The molecule has 0 saturated carbocycles. The maximum Gasteiger partial charge on any atom is 0.265 e. The summed E-state index contributed by atoms with van der Waals surface area (Å²) in [5, 5.41) is 44.7. The van der Waals surface area contributed by atoms with Gasteiger partial charge >= 0.3 is 0 Å². The number of carbonyl (C=O) groups excluding carboxylic acids is 5. The highest BCUT2D eigenvalue weighted by Gasteiger charge is 2.27. The minimum Gasteiger partial charge on any atom is -0.484 e. The SMILES string of the molecule is Cc1[nH]ncc1N(Cc1cccs1)C(=O)/C=C/c1ccc2c(c1)CCC2.Cc1[nH]ncc1N(Cc1cccs1)C(=O)COc1ccc2c(c1)OCO2.Cc1n[nH]c(C)c1N(Cc1cccs1)C(=O)/C=C/c1ccc2c(c1)CCC2.O=C(/C=C/c1ccc2c(c1)CCC2)N(Cc1cccs1)c1ccn[nH]1.O=C(COc1ccc2c(c1)OCO2)N(Cc1cccs1)c1cn[nH]c1. The molecule has 2 aliphatic heterocycles. The van der Waals surface area contributed by atoms with Crippen molar-refractivity contribution in [3.05, 3.63) is 331 Å². The summed E-state index contributed by atoms with van der Waals surface area (Å²) in [7, 11) is 0. The van der Waals surface area contributed by atoms with Gasteiger partial charge in [-0.2, -0.15) is 25.5 Å². The summed E-state index contributed by atoms with van der Waals surface area (Å²) in [5.74, 6) is 3.98. The molecule has 0 atom stereocenters. The Morgan fingerprint density at radius 2 is 0.806 bits per heavy atom. The van der Waals surface area contributed by atoms with E-state index in [4.69, 9.17) is 28.4 Å². The van der Waals surface area contributed by atoms with E-state index in [1.165, 1.54) is 71.9 Å². The number of hydrogen-bond donors (Lipinski definition) is 5. The molecule has 5 amide bonds. The lowest BCUT2D eigenvalue weighted by Gasteiger charge is -2.21. The largest absolute Gasteiger partial charge is 0.484 e. The molecule has 20 rings (SSSR count). The van der Waals surface area contributed by atoms with E-state index in [1.54, 1.807) is 162 Å². The molecule has 5 aromatic carbocycles. The minimum absolute atomic E-state index is 0.0310. The van der Waals surface area contributed by atoms with Gasteiger partial charge in [-0.1, -0.05) is 84.9 Å². The topological polar surface area (TPSA) is 300 Å². The van der Waals surface area contributed by atoms with E-state index >= 15 is 0 Å². The summed E-state index contributed by atoms with van der Waals surface area (Å²) >= 11 is 8.15. The van der Waals surface area contributed by atoms with Crippen LogP contribution in [-0.4, -0.2) is 107 Å². The lowest BCUT2D eigenvalue weighted by atomic mass is 10.1. The number of fused-ring (bicyclic) bond motifs is 5. The summed E-state index contributed by atoms with van der Waals surface area (Å²) in [6.45, 7) is 10.5. The number of hydrogen-bond acceptors (Lipinski definition) is 21. The van der Waals surface area contributed by atoms with Gasteiger partial charge in [0.2, 0.25) is 13.6 Å². The fraction of sp³-hybridized carbons (Fsp3) is 0.224. The minimum atomic E-state index is -0.160. The molecule has 5 N–H and O–H groups in total. The van der Waals surface area contributed by atoms with Crippen molar-refractivity contribution in [3.63, 3.8) is 0 Å². The summed E-state index contributed by atoms with van der Waals surface area (Å²) in [6, 6.07) is 51.8. The lowest BCUT2D eigenvalue weighted by molar-refractivity contribution is -0.121. The highest BCUT2D eigenvalue weighted by Crippen LogP contribution is 2.38. The monoisotopic (exact) mass is 1820 g/mol. The van der Waals surface area contributed by atoms with Crippen LogP contribution in [0.5, 0.6) is 34.5 Å². The van der Waals surface area contributed by atoms with Gasteiger partial charge in [-0.15, -0.1) is 56.7 Å². The van der Waals surface area contributed by atoms with Crippen LogP contribution in [0.2, 0.25) is 0 Å². The molecule has 0 fully saturated rings. The first-order chi connectivity index (χ1) is 63.1. The number of benzene rings is 5. The van der Waals surface area contributed by atoms with Gasteiger partial charge in [0.25, 0.3) is 29.5 Å². The number of amides is 5. The van der Waals surface area contributed by atoms with E-state index in [0.717, 1.165) is 100 Å². The quantitative estimate of drug-likeness (QED) is 0.0299. The highest BCUT2D eigenvalue weighted by atomic mass is 32.1. The predicted octanol–water partition coefficient (Wildman–Crippen LogP) is 19.5. The number of aromatic amines is 5. The third kappa shape index (κ3) is 23.3. The van der Waals surface area contributed by atoms with Crippen molar-refractivity contribution in [2.75, 3.05) is 51.3 Å². The zero-order valence-electron chi connectivity index (χ0n) is 71.5. The zero-order chi connectivity index (χ0) is 88.8. The molecule has 129 heavy (non-hydrogen) atoms. The molecular formula is C98H95N15O11S5. The van der Waals surface area contributed by atoms with Crippen molar-refractivity contribution < 1.29 is 52.4 Å². The maximum absolute atomic E-state index is 13.1. The fourth-order valence-electron chi connectivity index (χ4n) is 15.5. The van der Waals surface area contributed by atoms with Crippen molar-refractivity contribution in [1.29, 1.82) is 0 Å². The van der Waals surface area contributed by atoms with Gasteiger partial charge in [-0.3, -0.25) is 54.4 Å². The van der Waals surface area contributed by atoms with Crippen LogP contribution >= 0.6 is 56.7 Å². The second-order valence-electron chi connectivity index (χ2n) is 30.8. The van der Waals surface area contributed by atoms with Crippen LogP contribution in [0.1, 0.15) is 116 Å². The van der Waals surface area contributed by atoms with Crippen molar-refractivity contribution in [1.82, 2.24) is 51.0 Å². The second kappa shape index (κ2) is 43.0. The van der Waals surface area contributed by atoms with E-state index < -0.39 is 0 Å². The van der Waals surface area contributed by atoms with Crippen LogP contribution < -0.4 is 52.9 Å². The Hall–Kier alpha value is -14.0. The van der Waals surface area contributed by atoms with E-state index in [-0.39, 0.29) is 56.3 Å². The van der Waals surface area contributed by atoms with Crippen LogP contribution in [-0.2, 0) is 95.2 Å². The summed E-state index contributed by atoms with van der Waals surface area (Å²) < 4.78 is 32.5. The van der Waals surface area contributed by atoms with Crippen molar-refractivity contribution in [3.8, 4) is 34.5 Å². The lowest BCUT2D eigenvalue weighted by Crippen LogP contribution is -2.34. The molecule has 10 aromatic heterocycles. The predicted molar refractivity (Wildman–Crippen MR) is 508 cm³/mol. The van der Waals surface area contributed by atoms with Gasteiger partial charge in [0, 0.05) is 67.0 Å². The average Bonchev–Trinajstić information content (AvgIpc) is 1.68. The number of rotatable bonds is 27. The molecule has 15 aromatic rings. The molecular weight excluding hydrogens is 1720 g/mol. The third-order valence-corrected chi connectivity index (χ3v) is 26.3. The standard InChI is InChI=1S/C22H23N3OS.C21H21N3OS.C20H19N3OS.C18H17N3O4S.C17H15N3O4S/c1-15-22(16(2)24-23-15)25(14-20-7-4-12-27-20)21(26)11-9-17-8-10-18-5-3-6-19(18)13-17;1-15-20(13-22-23-15)24(14-19-6-3-11-26-19)21(25)10-8-16-7-9-17-4-2-5-18(17)12-16;24-20(9-7-15-6-8-16-3-1-4-17(16)13-15)23(19-10-11-21-22-19)14-18-5-2-12-25-18;1-12-15(8-19-20-12)21(9-14-3-2-6-26-14)18(22)10-23-13-4-5-16-17(7-13)25-11-24-16;21-17(10-22-13-3-4-15-16(6-13)24-11-23-15)20(12-7-18-19-8-12)9-14-2-1-5-25-14/h4,7-13H,3,5-6,14H2,1-2H3,(H,23,24);3,6-13H,2,4-5,14H2,1H3,(H,22,23);2,5-13H,1,3-4,14H2,(H,21,22);2-8H,9-11H2,1H3,(H,19,20);1-8H,9-11H2,(H,18,19)/b11-9+;10-8+;9-7+;;. The van der Waals surface area contributed by atoms with Crippen LogP contribution in [0.4, 0.5) is 28.6 Å². The van der Waals surface area contributed by atoms with E-state index in [2.05, 4.69) is 112 Å². The van der Waals surface area contributed by atoms with Crippen molar-refractivity contribution >= 4 is 133 Å². The molecule has 31 heteroatoms. The van der Waals surface area contributed by atoms with Crippen LogP contribution in [0.15, 0.2) is 234 Å². The number of anilines is 5. The van der Waals surface area contributed by atoms with Crippen LogP contribution in [0, 0.1) is 27.7 Å². The van der Waals surface area contributed by atoms with Crippen LogP contribution in [0.3, 0.4) is 0 Å². The average molecular weight is 1820 g/mol. The number of ether oxygens (including phenoxy) is 6. The van der Waals surface area contributed by atoms with Gasteiger partial charge in [-0.25, -0.2) is 0 Å². The number of aryl methyl sites for hydroxylation is 10. The first kappa shape index (κ1) is 88.5. The van der Waals surface area contributed by atoms with Crippen LogP contribution in [0.25, 0.3) is 18.2 Å². The van der Waals surface area contributed by atoms with Crippen molar-refractivity contribution in [2.24, 2.45) is 0 Å². The van der Waals surface area contributed by atoms with E-state index in [9.17, 15) is 24.0 Å². The first-order valence-corrected chi connectivity index (χ1v) is 46.6. The second-order valence-corrected chi connectivity index (χ2v) is 36.0. The highest BCUT2D eigenvalue weighted by molar-refractivity contribution is 7.11. The third-order valence-electron chi connectivity index (χ3n) is 22.0. The fourth-order valence-corrected chi connectivity index (χ4v) is 18.9. The Balaban J connectivity index is 0.000000118. The first-order valence-electron chi connectivity index (χ1n) is 42.2. The van der Waals surface area contributed by atoms with Gasteiger partial charge in [0.05, 0.1) is 103 Å². The van der Waals surface area contributed by atoms with Gasteiger partial charge in [0.15, 0.2) is 36.2 Å². The Labute approximate surface area is 766 Å². The molecule has 3 aliphatic carbocycles. The van der Waals surface area contributed by atoms with E-state index in [0.29, 0.717) is 78.7 Å². The zero-order valence-corrected chi connectivity index (χ0v) is 75.6. The normalized spacial score (nSPS) is 12.8. The van der Waals surface area contributed by atoms with Gasteiger partial charge < -0.3 is 48.0 Å². The van der Waals surface area contributed by atoms with Crippen molar-refractivity contribution in [2.45, 2.75) is 118 Å². The number of nitrogens with one attached hydrogen (secondary N) is 5. The number of thiophene rings is 5. The Kier molecular flexibility index (Phi) is 29.5. The smallest absolute Gasteiger partial charge is 0.265 e. The summed E-state index contributed by atoms with van der Waals surface area (Å²) in [4.78, 5) is 78.5. The molecule has 658 valence electrons. The van der Waals surface area contributed by atoms with E-state index in [1.807, 2.05) is 138 Å². The number of aromatic nitrogens is 10. The maximum atomic E-state index is 13.1. The number of H-pyrrole nitrogens is 5. The molecule has 0 bridgehead atoms. The van der Waals surface area contributed by atoms with Gasteiger partial charge in [-0.05, 0) is 235 Å². The summed E-state index contributed by atoms with van der Waals surface area (Å²) in [6.07, 6.45) is 29.7. The Bertz CT molecular complexity index is 6320. The molecule has 0 spiro atoms. The molecule has 5 aliphatic rings. The summed E-state index contributed by atoms with van der Waals surface area (Å²) in [5.41, 5.74) is 18.4. The number of carbonyl (C=O) groups is 5. The molecule has 0 unspecified atom stereocenters. The number of nitrogens with zero attached hydrogens (tertiary/aromatic N) is 10. The van der Waals surface area contributed by atoms with Gasteiger partial charge in [0.1, 0.15) is 17.3 Å². The molecule has 12 heterocycles.